The van der Waals surface area contributed by atoms with Crippen molar-refractivity contribution in [1.29, 1.82) is 0 Å². The Balaban J connectivity index is 2.06. The first-order valence-electron chi connectivity index (χ1n) is 6.11. The van der Waals surface area contributed by atoms with Crippen LogP contribution in [0.15, 0.2) is 5.38 Å². The third-order valence-corrected chi connectivity index (χ3v) is 4.30. The van der Waals surface area contributed by atoms with Crippen LogP contribution < -0.4 is 0 Å². The average molecular weight is 254 g/mol. The van der Waals surface area contributed by atoms with Gasteiger partial charge in [-0.15, -0.1) is 11.3 Å². The van der Waals surface area contributed by atoms with Crippen molar-refractivity contribution in [3.05, 3.63) is 16.1 Å². The molecule has 1 aliphatic heterocycles. The minimum Gasteiger partial charge on any atom is -0.476 e. The third kappa shape index (κ3) is 3.04. The second kappa shape index (κ2) is 5.60. The molecule has 0 radical (unpaired) electrons. The number of rotatable bonds is 3. The van der Waals surface area contributed by atoms with Gasteiger partial charge < -0.3 is 5.11 Å². The van der Waals surface area contributed by atoms with Gasteiger partial charge in [0.05, 0.1) is 6.04 Å². The van der Waals surface area contributed by atoms with Gasteiger partial charge >= 0.3 is 5.97 Å². The Morgan fingerprint density at radius 2 is 2.06 bits per heavy atom. The number of aromatic nitrogens is 1. The number of likely N-dealkylation sites (tertiary alicyclic amines) is 1. The standard InChI is InChI=1S/C12H18N2O2S/c1-9(14-6-4-2-3-5-7-14)11-13-10(8-17-11)12(15)16/h8-9H,2-7H2,1H3,(H,15,16). The highest BCUT2D eigenvalue weighted by molar-refractivity contribution is 7.09. The SMILES string of the molecule is CC(c1nc(C(=O)O)cs1)N1CCCCCC1. The number of thiazole rings is 1. The van der Waals surface area contributed by atoms with Crippen molar-refractivity contribution >= 4 is 17.3 Å². The molecular formula is C12H18N2O2S. The van der Waals surface area contributed by atoms with Gasteiger partial charge in [-0.1, -0.05) is 12.8 Å². The summed E-state index contributed by atoms with van der Waals surface area (Å²) in [5.74, 6) is -0.935. The number of nitrogens with zero attached hydrogens (tertiary/aromatic N) is 2. The van der Waals surface area contributed by atoms with Crippen molar-refractivity contribution in [2.45, 2.75) is 38.6 Å². The van der Waals surface area contributed by atoms with Crippen LogP contribution >= 0.6 is 11.3 Å². The van der Waals surface area contributed by atoms with Gasteiger partial charge in [0.15, 0.2) is 5.69 Å². The molecule has 1 aliphatic rings. The van der Waals surface area contributed by atoms with Gasteiger partial charge in [-0.2, -0.15) is 0 Å². The van der Waals surface area contributed by atoms with Crippen LogP contribution in [0.25, 0.3) is 0 Å². The van der Waals surface area contributed by atoms with Gasteiger partial charge in [-0.3, -0.25) is 4.90 Å². The summed E-state index contributed by atoms with van der Waals surface area (Å²) in [7, 11) is 0. The van der Waals surface area contributed by atoms with E-state index >= 15 is 0 Å². The molecule has 0 bridgehead atoms. The molecule has 2 rings (SSSR count). The Hall–Kier alpha value is -0.940. The fraction of sp³-hybridized carbons (Fsp3) is 0.667. The molecule has 0 spiro atoms. The van der Waals surface area contributed by atoms with Crippen molar-refractivity contribution in [3.63, 3.8) is 0 Å². The normalized spacial score (nSPS) is 19.8. The van der Waals surface area contributed by atoms with Crippen LogP contribution in [0.2, 0.25) is 0 Å². The highest BCUT2D eigenvalue weighted by atomic mass is 32.1. The average Bonchev–Trinajstić information content (AvgIpc) is 2.65. The maximum absolute atomic E-state index is 10.8. The predicted octanol–water partition coefficient (Wildman–Crippen LogP) is 2.78. The smallest absolute Gasteiger partial charge is 0.355 e. The first-order chi connectivity index (χ1) is 8.18. The molecule has 1 saturated heterocycles. The highest BCUT2D eigenvalue weighted by Gasteiger charge is 2.21. The van der Waals surface area contributed by atoms with Crippen LogP contribution in [0.4, 0.5) is 0 Å². The number of hydrogen-bond acceptors (Lipinski definition) is 4. The minimum absolute atomic E-state index is 0.173. The number of carbonyl (C=O) groups is 1. The van der Waals surface area contributed by atoms with E-state index in [0.717, 1.165) is 18.1 Å². The third-order valence-electron chi connectivity index (χ3n) is 3.29. The first kappa shape index (κ1) is 12.5. The first-order valence-corrected chi connectivity index (χ1v) is 6.99. The Kier molecular flexibility index (Phi) is 4.12. The Morgan fingerprint density at radius 3 is 2.59 bits per heavy atom. The van der Waals surface area contributed by atoms with Crippen molar-refractivity contribution in [1.82, 2.24) is 9.88 Å². The summed E-state index contributed by atoms with van der Waals surface area (Å²) < 4.78 is 0. The lowest BCUT2D eigenvalue weighted by Gasteiger charge is -2.25. The molecule has 1 aromatic heterocycles. The van der Waals surface area contributed by atoms with E-state index in [1.165, 1.54) is 37.0 Å². The quantitative estimate of drug-likeness (QED) is 0.901. The zero-order valence-electron chi connectivity index (χ0n) is 10.1. The molecule has 1 atom stereocenters. The summed E-state index contributed by atoms with van der Waals surface area (Å²) in [6.45, 7) is 4.32. The van der Waals surface area contributed by atoms with Gasteiger partial charge in [0.25, 0.3) is 0 Å². The molecular weight excluding hydrogens is 236 g/mol. The van der Waals surface area contributed by atoms with Crippen LogP contribution in [0.5, 0.6) is 0 Å². The van der Waals surface area contributed by atoms with Crippen molar-refractivity contribution < 1.29 is 9.90 Å². The molecule has 0 aromatic carbocycles. The molecule has 1 aromatic rings. The van der Waals surface area contributed by atoms with Crippen molar-refractivity contribution in [2.75, 3.05) is 13.1 Å². The van der Waals surface area contributed by atoms with Gasteiger partial charge in [0.1, 0.15) is 5.01 Å². The lowest BCUT2D eigenvalue weighted by atomic mass is 10.2. The van der Waals surface area contributed by atoms with Crippen LogP contribution in [0.1, 0.15) is 54.1 Å². The van der Waals surface area contributed by atoms with E-state index in [1.807, 2.05) is 0 Å². The van der Waals surface area contributed by atoms with Gasteiger partial charge in [-0.25, -0.2) is 9.78 Å². The summed E-state index contributed by atoms with van der Waals surface area (Å²) in [5.41, 5.74) is 0.173. The molecule has 0 aliphatic carbocycles. The van der Waals surface area contributed by atoms with Crippen LogP contribution in [-0.2, 0) is 0 Å². The van der Waals surface area contributed by atoms with Gasteiger partial charge in [-0.05, 0) is 32.9 Å². The van der Waals surface area contributed by atoms with Crippen LogP contribution in [-0.4, -0.2) is 34.0 Å². The largest absolute Gasteiger partial charge is 0.476 e. The summed E-state index contributed by atoms with van der Waals surface area (Å²) in [6, 6.07) is 0.242. The van der Waals surface area contributed by atoms with E-state index < -0.39 is 5.97 Å². The van der Waals surface area contributed by atoms with Crippen LogP contribution in [0, 0.1) is 0 Å². The maximum atomic E-state index is 10.8. The van der Waals surface area contributed by atoms with Crippen molar-refractivity contribution in [3.8, 4) is 0 Å². The fourth-order valence-corrected chi connectivity index (χ4v) is 3.10. The van der Waals surface area contributed by atoms with E-state index in [4.69, 9.17) is 5.11 Å². The van der Waals surface area contributed by atoms with E-state index in [-0.39, 0.29) is 11.7 Å². The number of aromatic carboxylic acids is 1. The Morgan fingerprint density at radius 1 is 1.41 bits per heavy atom. The Bertz CT molecular complexity index is 384. The fourth-order valence-electron chi connectivity index (χ4n) is 2.22. The van der Waals surface area contributed by atoms with E-state index in [9.17, 15) is 4.79 Å². The molecule has 1 unspecified atom stereocenters. The molecule has 94 valence electrons. The summed E-state index contributed by atoms with van der Waals surface area (Å²) in [4.78, 5) is 17.4. The maximum Gasteiger partial charge on any atom is 0.355 e. The number of carboxylic acid groups (broad SMARTS) is 1. The lowest BCUT2D eigenvalue weighted by molar-refractivity contribution is 0.0691. The molecule has 5 heteroatoms. The Labute approximate surface area is 105 Å². The molecule has 17 heavy (non-hydrogen) atoms. The topological polar surface area (TPSA) is 53.4 Å². The van der Waals surface area contributed by atoms with Gasteiger partial charge in [0, 0.05) is 5.38 Å². The summed E-state index contributed by atoms with van der Waals surface area (Å²) in [5, 5.41) is 11.4. The van der Waals surface area contributed by atoms with Crippen molar-refractivity contribution in [2.24, 2.45) is 0 Å². The lowest BCUT2D eigenvalue weighted by Crippen LogP contribution is -2.27. The van der Waals surface area contributed by atoms with Crippen LogP contribution in [0.3, 0.4) is 0 Å². The summed E-state index contributed by atoms with van der Waals surface area (Å²) >= 11 is 1.45. The molecule has 1 fully saturated rings. The molecule has 1 N–H and O–H groups in total. The zero-order valence-corrected chi connectivity index (χ0v) is 10.9. The van der Waals surface area contributed by atoms with E-state index in [1.54, 1.807) is 5.38 Å². The summed E-state index contributed by atoms with van der Waals surface area (Å²) in [6.07, 6.45) is 5.09. The molecule has 0 amide bonds. The minimum atomic E-state index is -0.935. The zero-order chi connectivity index (χ0) is 12.3. The molecule has 4 nitrogen and oxygen atoms in total. The predicted molar refractivity (Wildman–Crippen MR) is 67.5 cm³/mol. The van der Waals surface area contributed by atoms with E-state index in [0.29, 0.717) is 0 Å². The molecule has 2 heterocycles. The second-order valence-corrected chi connectivity index (χ2v) is 5.39. The van der Waals surface area contributed by atoms with E-state index in [2.05, 4.69) is 16.8 Å². The highest BCUT2D eigenvalue weighted by Crippen LogP contribution is 2.26. The van der Waals surface area contributed by atoms with Gasteiger partial charge in [0.2, 0.25) is 0 Å². The number of carboxylic acids is 1. The second-order valence-electron chi connectivity index (χ2n) is 4.50. The monoisotopic (exact) mass is 254 g/mol. The number of hydrogen-bond donors (Lipinski definition) is 1. The molecule has 0 saturated carbocycles.